The van der Waals surface area contributed by atoms with E-state index in [9.17, 15) is 9.18 Å². The molecule has 132 valence electrons. The zero-order valence-electron chi connectivity index (χ0n) is 14.4. The van der Waals surface area contributed by atoms with Gasteiger partial charge in [0.25, 0.3) is 0 Å². The topological polar surface area (TPSA) is 54.5 Å². The van der Waals surface area contributed by atoms with Crippen LogP contribution in [0.2, 0.25) is 0 Å². The fourth-order valence-electron chi connectivity index (χ4n) is 3.00. The fraction of sp³-hybridized carbons (Fsp3) is 0.368. The van der Waals surface area contributed by atoms with E-state index in [1.165, 1.54) is 12.1 Å². The summed E-state index contributed by atoms with van der Waals surface area (Å²) < 4.78 is 18.9. The van der Waals surface area contributed by atoms with Crippen molar-refractivity contribution in [1.29, 1.82) is 0 Å². The van der Waals surface area contributed by atoms with Crippen molar-refractivity contribution in [3.05, 3.63) is 65.7 Å². The number of nitrogens with zero attached hydrogens (tertiary/aromatic N) is 2. The number of carbonyl (C=O) groups excluding carboxylic acids is 1. The molecule has 0 aliphatic carbocycles. The number of amides is 2. The van der Waals surface area contributed by atoms with Crippen LogP contribution in [0.3, 0.4) is 0 Å². The molecule has 2 heterocycles. The minimum Gasteiger partial charge on any atom is -0.375 e. The lowest BCUT2D eigenvalue weighted by Gasteiger charge is -2.38. The Balaban J connectivity index is 1.85. The van der Waals surface area contributed by atoms with Crippen molar-refractivity contribution in [3.8, 4) is 0 Å². The summed E-state index contributed by atoms with van der Waals surface area (Å²) in [5.41, 5.74) is 1.71. The van der Waals surface area contributed by atoms with E-state index >= 15 is 0 Å². The number of ether oxygens (including phenoxy) is 1. The van der Waals surface area contributed by atoms with Crippen molar-refractivity contribution in [1.82, 2.24) is 15.2 Å². The van der Waals surface area contributed by atoms with Gasteiger partial charge in [-0.05, 0) is 49.2 Å². The Bertz CT molecular complexity index is 708. The largest absolute Gasteiger partial charge is 0.375 e. The van der Waals surface area contributed by atoms with Gasteiger partial charge in [0, 0.05) is 18.9 Å². The average molecular weight is 343 g/mol. The molecule has 3 rings (SSSR count). The standard InChI is InChI=1S/C19H22FN3O2/c1-13-14(2)25-12-11-23(13)19(24)22-18(16-7-9-21-10-8-16)15-3-5-17(20)6-4-15/h3-10,13-14,18H,11-12H2,1-2H3,(H,22,24)/t13-,14-,18-/m0/s1. The minimum atomic E-state index is -0.374. The average Bonchev–Trinajstić information content (AvgIpc) is 2.63. The van der Waals surface area contributed by atoms with Crippen LogP contribution in [0.25, 0.3) is 0 Å². The smallest absolute Gasteiger partial charge is 0.318 e. The molecule has 0 bridgehead atoms. The Morgan fingerprint density at radius 2 is 1.84 bits per heavy atom. The van der Waals surface area contributed by atoms with E-state index in [2.05, 4.69) is 10.3 Å². The molecule has 0 unspecified atom stereocenters. The van der Waals surface area contributed by atoms with Crippen LogP contribution in [-0.4, -0.2) is 41.2 Å². The number of aromatic nitrogens is 1. The third-order valence-corrected chi connectivity index (χ3v) is 4.66. The van der Waals surface area contributed by atoms with Crippen molar-refractivity contribution in [3.63, 3.8) is 0 Å². The Kier molecular flexibility index (Phi) is 5.28. The molecule has 5 nitrogen and oxygen atoms in total. The number of hydrogen-bond donors (Lipinski definition) is 1. The van der Waals surface area contributed by atoms with Gasteiger partial charge in [0.15, 0.2) is 0 Å². The summed E-state index contributed by atoms with van der Waals surface area (Å²) in [6.07, 6.45) is 3.35. The molecule has 25 heavy (non-hydrogen) atoms. The van der Waals surface area contributed by atoms with Gasteiger partial charge in [-0.25, -0.2) is 9.18 Å². The number of halogens is 1. The van der Waals surface area contributed by atoms with Crippen LogP contribution in [0, 0.1) is 5.82 Å². The highest BCUT2D eigenvalue weighted by Crippen LogP contribution is 2.23. The van der Waals surface area contributed by atoms with Crippen molar-refractivity contribution in [2.24, 2.45) is 0 Å². The van der Waals surface area contributed by atoms with E-state index in [4.69, 9.17) is 4.74 Å². The monoisotopic (exact) mass is 343 g/mol. The lowest BCUT2D eigenvalue weighted by molar-refractivity contribution is -0.0378. The molecule has 0 spiro atoms. The first kappa shape index (κ1) is 17.4. The number of hydrogen-bond acceptors (Lipinski definition) is 3. The first-order chi connectivity index (χ1) is 12.1. The molecule has 3 atom stereocenters. The molecule has 6 heteroatoms. The van der Waals surface area contributed by atoms with Gasteiger partial charge in [0.05, 0.1) is 24.8 Å². The van der Waals surface area contributed by atoms with Crippen LogP contribution in [0.1, 0.15) is 31.0 Å². The molecule has 1 aliphatic rings. The first-order valence-electron chi connectivity index (χ1n) is 8.40. The number of morpholine rings is 1. The zero-order valence-corrected chi connectivity index (χ0v) is 14.4. The maximum atomic E-state index is 13.3. The van der Waals surface area contributed by atoms with Crippen LogP contribution >= 0.6 is 0 Å². The molecule has 2 amide bonds. The molecule has 0 radical (unpaired) electrons. The second-order valence-corrected chi connectivity index (χ2v) is 6.22. The van der Waals surface area contributed by atoms with Crippen LogP contribution in [0.15, 0.2) is 48.8 Å². The highest BCUT2D eigenvalue weighted by Gasteiger charge is 2.30. The van der Waals surface area contributed by atoms with Crippen molar-refractivity contribution in [2.45, 2.75) is 32.0 Å². The predicted molar refractivity (Wildman–Crippen MR) is 92.6 cm³/mol. The Hall–Kier alpha value is -2.47. The lowest BCUT2D eigenvalue weighted by Crippen LogP contribution is -2.54. The Morgan fingerprint density at radius 1 is 1.20 bits per heavy atom. The molecular weight excluding hydrogens is 321 g/mol. The number of rotatable bonds is 3. The van der Waals surface area contributed by atoms with E-state index in [1.54, 1.807) is 29.4 Å². The summed E-state index contributed by atoms with van der Waals surface area (Å²) in [7, 11) is 0. The maximum Gasteiger partial charge on any atom is 0.318 e. The molecule has 2 aromatic rings. The number of pyridine rings is 1. The molecule has 1 fully saturated rings. The van der Waals surface area contributed by atoms with E-state index < -0.39 is 0 Å². The quantitative estimate of drug-likeness (QED) is 0.931. The van der Waals surface area contributed by atoms with Crippen molar-refractivity contribution >= 4 is 6.03 Å². The van der Waals surface area contributed by atoms with Gasteiger partial charge in [-0.15, -0.1) is 0 Å². The molecule has 1 saturated heterocycles. The fourth-order valence-corrected chi connectivity index (χ4v) is 3.00. The summed E-state index contributed by atoms with van der Waals surface area (Å²) >= 11 is 0. The Morgan fingerprint density at radius 3 is 2.52 bits per heavy atom. The van der Waals surface area contributed by atoms with E-state index in [0.29, 0.717) is 13.2 Å². The number of nitrogens with one attached hydrogen (secondary N) is 1. The molecular formula is C19H22FN3O2. The van der Waals surface area contributed by atoms with E-state index in [1.807, 2.05) is 26.0 Å². The molecule has 0 saturated carbocycles. The SMILES string of the molecule is C[C@@H]1OCCN(C(=O)N[C@H](c2ccncc2)c2ccc(F)cc2)[C@H]1C. The summed E-state index contributed by atoms with van der Waals surface area (Å²) in [4.78, 5) is 18.7. The van der Waals surface area contributed by atoms with Crippen LogP contribution < -0.4 is 5.32 Å². The van der Waals surface area contributed by atoms with Crippen LogP contribution in [0.5, 0.6) is 0 Å². The highest BCUT2D eigenvalue weighted by atomic mass is 19.1. The van der Waals surface area contributed by atoms with E-state index in [-0.39, 0.29) is 30.0 Å². The van der Waals surface area contributed by atoms with Gasteiger partial charge >= 0.3 is 6.03 Å². The molecule has 1 aromatic heterocycles. The maximum absolute atomic E-state index is 13.3. The normalized spacial score (nSPS) is 21.6. The van der Waals surface area contributed by atoms with Crippen molar-refractivity contribution in [2.75, 3.05) is 13.2 Å². The minimum absolute atomic E-state index is 0.00954. The highest BCUT2D eigenvalue weighted by molar-refractivity contribution is 5.76. The molecule has 1 aromatic carbocycles. The summed E-state index contributed by atoms with van der Waals surface area (Å²) in [5.74, 6) is -0.306. The van der Waals surface area contributed by atoms with Gasteiger partial charge in [-0.3, -0.25) is 4.98 Å². The Labute approximate surface area is 146 Å². The zero-order chi connectivity index (χ0) is 17.8. The summed E-state index contributed by atoms with van der Waals surface area (Å²) in [5, 5.41) is 3.07. The summed E-state index contributed by atoms with van der Waals surface area (Å²) in [6, 6.07) is 9.32. The van der Waals surface area contributed by atoms with Crippen molar-refractivity contribution < 1.29 is 13.9 Å². The lowest BCUT2D eigenvalue weighted by atomic mass is 9.99. The molecule has 1 aliphatic heterocycles. The van der Waals surface area contributed by atoms with Crippen LogP contribution in [-0.2, 0) is 4.74 Å². The van der Waals surface area contributed by atoms with Gasteiger partial charge < -0.3 is 15.0 Å². The molecule has 1 N–H and O–H groups in total. The second kappa shape index (κ2) is 7.61. The summed E-state index contributed by atoms with van der Waals surface area (Å²) in [6.45, 7) is 5.01. The third-order valence-electron chi connectivity index (χ3n) is 4.66. The second-order valence-electron chi connectivity index (χ2n) is 6.22. The van der Waals surface area contributed by atoms with Gasteiger partial charge in [0.1, 0.15) is 5.82 Å². The van der Waals surface area contributed by atoms with Crippen LogP contribution in [0.4, 0.5) is 9.18 Å². The van der Waals surface area contributed by atoms with Gasteiger partial charge in [0.2, 0.25) is 0 Å². The number of benzene rings is 1. The van der Waals surface area contributed by atoms with Gasteiger partial charge in [-0.2, -0.15) is 0 Å². The number of urea groups is 1. The third kappa shape index (κ3) is 3.96. The predicted octanol–water partition coefficient (Wildman–Crippen LogP) is 3.13. The first-order valence-corrected chi connectivity index (χ1v) is 8.40. The van der Waals surface area contributed by atoms with E-state index in [0.717, 1.165) is 11.1 Å². The number of carbonyl (C=O) groups is 1. The van der Waals surface area contributed by atoms with Gasteiger partial charge in [-0.1, -0.05) is 12.1 Å².